The van der Waals surface area contributed by atoms with Gasteiger partial charge in [0.2, 0.25) is 5.88 Å². The molecule has 1 N–H and O–H groups in total. The summed E-state index contributed by atoms with van der Waals surface area (Å²) in [6.45, 7) is 4.68. The largest absolute Gasteiger partial charge is 0.439 e. The van der Waals surface area contributed by atoms with Crippen molar-refractivity contribution in [3.05, 3.63) is 40.1 Å². The van der Waals surface area contributed by atoms with Gasteiger partial charge in [0.25, 0.3) is 0 Å². The minimum atomic E-state index is 0.442. The van der Waals surface area contributed by atoms with Crippen LogP contribution in [0, 0.1) is 6.92 Å². The standard InChI is InChI=1S/C13H13Cl2N3O/c1-3-16-12-8(2)13(18-7-17-12)19-9-4-5-10(14)11(15)6-9/h4-7H,3H2,1-2H3,(H,16,17,18). The summed E-state index contributed by atoms with van der Waals surface area (Å²) >= 11 is 11.8. The number of halogens is 2. The molecule has 0 radical (unpaired) electrons. The first kappa shape index (κ1) is 13.9. The van der Waals surface area contributed by atoms with Crippen molar-refractivity contribution >= 4 is 29.0 Å². The molecule has 0 atom stereocenters. The molecule has 2 aromatic rings. The van der Waals surface area contributed by atoms with Crippen LogP contribution in [0.3, 0.4) is 0 Å². The van der Waals surface area contributed by atoms with E-state index in [-0.39, 0.29) is 0 Å². The van der Waals surface area contributed by atoms with Crippen molar-refractivity contribution in [2.45, 2.75) is 13.8 Å². The molecule has 19 heavy (non-hydrogen) atoms. The fraction of sp³-hybridized carbons (Fsp3) is 0.231. The average Bonchev–Trinajstić information content (AvgIpc) is 2.39. The van der Waals surface area contributed by atoms with Crippen LogP contribution in [0.5, 0.6) is 11.6 Å². The van der Waals surface area contributed by atoms with E-state index in [0.29, 0.717) is 21.7 Å². The van der Waals surface area contributed by atoms with Crippen LogP contribution in [0.15, 0.2) is 24.5 Å². The highest BCUT2D eigenvalue weighted by Crippen LogP contribution is 2.30. The van der Waals surface area contributed by atoms with E-state index >= 15 is 0 Å². The monoisotopic (exact) mass is 297 g/mol. The third kappa shape index (κ3) is 3.28. The molecule has 6 heteroatoms. The maximum Gasteiger partial charge on any atom is 0.227 e. The van der Waals surface area contributed by atoms with Crippen LogP contribution in [-0.4, -0.2) is 16.5 Å². The molecule has 0 spiro atoms. The van der Waals surface area contributed by atoms with Gasteiger partial charge in [-0.3, -0.25) is 0 Å². The van der Waals surface area contributed by atoms with Crippen molar-refractivity contribution in [3.8, 4) is 11.6 Å². The molecule has 2 rings (SSSR count). The number of hydrogen-bond acceptors (Lipinski definition) is 4. The lowest BCUT2D eigenvalue weighted by Gasteiger charge is -2.11. The molecule has 0 saturated heterocycles. The quantitative estimate of drug-likeness (QED) is 0.913. The summed E-state index contributed by atoms with van der Waals surface area (Å²) in [7, 11) is 0. The fourth-order valence-electron chi connectivity index (χ4n) is 1.53. The summed E-state index contributed by atoms with van der Waals surface area (Å²) in [5.41, 5.74) is 0.843. The summed E-state index contributed by atoms with van der Waals surface area (Å²) in [4.78, 5) is 8.27. The number of hydrogen-bond donors (Lipinski definition) is 1. The summed E-state index contributed by atoms with van der Waals surface area (Å²) in [6.07, 6.45) is 1.46. The van der Waals surface area contributed by atoms with Crippen LogP contribution in [0.2, 0.25) is 10.0 Å². The summed E-state index contributed by atoms with van der Waals surface area (Å²) in [5.74, 6) is 1.83. The second kappa shape index (κ2) is 6.08. The molecular formula is C13H13Cl2N3O. The van der Waals surface area contributed by atoms with Crippen LogP contribution in [0.4, 0.5) is 5.82 Å². The predicted molar refractivity (Wildman–Crippen MR) is 77.5 cm³/mol. The van der Waals surface area contributed by atoms with Crippen LogP contribution >= 0.6 is 23.2 Å². The Hall–Kier alpha value is -1.52. The molecule has 0 amide bonds. The van der Waals surface area contributed by atoms with Crippen molar-refractivity contribution in [1.82, 2.24) is 9.97 Å². The van der Waals surface area contributed by atoms with Gasteiger partial charge in [-0.05, 0) is 26.0 Å². The topological polar surface area (TPSA) is 47.0 Å². The highest BCUT2D eigenvalue weighted by Gasteiger charge is 2.09. The summed E-state index contributed by atoms with van der Waals surface area (Å²) in [5, 5.41) is 4.07. The first-order valence-corrected chi connectivity index (χ1v) is 6.55. The van der Waals surface area contributed by atoms with Gasteiger partial charge in [-0.25, -0.2) is 9.97 Å². The Morgan fingerprint density at radius 1 is 1.21 bits per heavy atom. The number of anilines is 1. The Morgan fingerprint density at radius 3 is 2.68 bits per heavy atom. The molecule has 0 unspecified atom stereocenters. The van der Waals surface area contributed by atoms with Crippen molar-refractivity contribution < 1.29 is 4.74 Å². The van der Waals surface area contributed by atoms with E-state index in [4.69, 9.17) is 27.9 Å². The predicted octanol–water partition coefficient (Wildman–Crippen LogP) is 4.32. The summed E-state index contributed by atoms with van der Waals surface area (Å²) in [6, 6.07) is 5.07. The Labute approximate surface area is 121 Å². The van der Waals surface area contributed by atoms with Crippen molar-refractivity contribution in [3.63, 3.8) is 0 Å². The van der Waals surface area contributed by atoms with Gasteiger partial charge in [-0.15, -0.1) is 0 Å². The smallest absolute Gasteiger partial charge is 0.227 e. The van der Waals surface area contributed by atoms with Gasteiger partial charge in [0.15, 0.2) is 0 Å². The lowest BCUT2D eigenvalue weighted by molar-refractivity contribution is 0.458. The van der Waals surface area contributed by atoms with Crippen molar-refractivity contribution in [1.29, 1.82) is 0 Å². The first-order chi connectivity index (χ1) is 9.11. The minimum Gasteiger partial charge on any atom is -0.439 e. The Bertz CT molecular complexity index is 590. The van der Waals surface area contributed by atoms with Gasteiger partial charge >= 0.3 is 0 Å². The second-order valence-corrected chi connectivity index (χ2v) is 4.68. The third-order valence-electron chi connectivity index (χ3n) is 2.49. The number of ether oxygens (including phenoxy) is 1. The zero-order valence-electron chi connectivity index (χ0n) is 10.6. The number of aromatic nitrogens is 2. The van der Waals surface area contributed by atoms with Crippen LogP contribution < -0.4 is 10.1 Å². The van der Waals surface area contributed by atoms with Gasteiger partial charge in [0.05, 0.1) is 15.6 Å². The Balaban J connectivity index is 2.27. The lowest BCUT2D eigenvalue weighted by atomic mass is 10.3. The number of rotatable bonds is 4. The minimum absolute atomic E-state index is 0.442. The van der Waals surface area contributed by atoms with E-state index in [1.54, 1.807) is 18.2 Å². The van der Waals surface area contributed by atoms with Gasteiger partial charge in [-0.1, -0.05) is 23.2 Å². The summed E-state index contributed by atoms with van der Waals surface area (Å²) < 4.78 is 5.70. The molecule has 1 aromatic heterocycles. The zero-order chi connectivity index (χ0) is 13.8. The van der Waals surface area contributed by atoms with Gasteiger partial charge in [0.1, 0.15) is 17.9 Å². The van der Waals surface area contributed by atoms with Crippen molar-refractivity contribution in [2.24, 2.45) is 0 Å². The highest BCUT2D eigenvalue weighted by atomic mass is 35.5. The number of nitrogens with one attached hydrogen (secondary N) is 1. The molecule has 4 nitrogen and oxygen atoms in total. The van der Waals surface area contributed by atoms with E-state index in [1.165, 1.54) is 6.33 Å². The molecule has 0 aliphatic rings. The van der Waals surface area contributed by atoms with E-state index in [2.05, 4.69) is 15.3 Å². The third-order valence-corrected chi connectivity index (χ3v) is 3.23. The number of nitrogens with zero attached hydrogens (tertiary/aromatic N) is 2. The van der Waals surface area contributed by atoms with E-state index < -0.39 is 0 Å². The molecule has 0 bridgehead atoms. The maximum atomic E-state index is 5.94. The van der Waals surface area contributed by atoms with E-state index in [0.717, 1.165) is 17.9 Å². The van der Waals surface area contributed by atoms with Crippen LogP contribution in [0.25, 0.3) is 0 Å². The normalized spacial score (nSPS) is 10.3. The molecule has 0 aliphatic carbocycles. The fourth-order valence-corrected chi connectivity index (χ4v) is 1.82. The first-order valence-electron chi connectivity index (χ1n) is 5.80. The zero-order valence-corrected chi connectivity index (χ0v) is 12.1. The Kier molecular flexibility index (Phi) is 4.45. The Morgan fingerprint density at radius 2 is 2.00 bits per heavy atom. The van der Waals surface area contributed by atoms with Crippen LogP contribution in [0.1, 0.15) is 12.5 Å². The molecule has 1 aromatic carbocycles. The molecule has 1 heterocycles. The second-order valence-electron chi connectivity index (χ2n) is 3.86. The van der Waals surface area contributed by atoms with Gasteiger partial charge in [-0.2, -0.15) is 0 Å². The number of benzene rings is 1. The molecule has 0 saturated carbocycles. The van der Waals surface area contributed by atoms with Crippen molar-refractivity contribution in [2.75, 3.05) is 11.9 Å². The molecule has 0 aliphatic heterocycles. The maximum absolute atomic E-state index is 5.94. The van der Waals surface area contributed by atoms with E-state index in [1.807, 2.05) is 13.8 Å². The van der Waals surface area contributed by atoms with Gasteiger partial charge in [0, 0.05) is 12.6 Å². The highest BCUT2D eigenvalue weighted by molar-refractivity contribution is 6.42. The lowest BCUT2D eigenvalue weighted by Crippen LogP contribution is -2.03. The SMILES string of the molecule is CCNc1ncnc(Oc2ccc(Cl)c(Cl)c2)c1C. The average molecular weight is 298 g/mol. The van der Waals surface area contributed by atoms with Crippen LogP contribution in [-0.2, 0) is 0 Å². The van der Waals surface area contributed by atoms with E-state index in [9.17, 15) is 0 Å². The molecular weight excluding hydrogens is 285 g/mol. The molecule has 100 valence electrons. The van der Waals surface area contributed by atoms with Gasteiger partial charge < -0.3 is 10.1 Å². The molecule has 0 fully saturated rings.